The molecule has 2 aliphatic rings. The standard InChI is InChI=1S/C33H31F3N2O5/c1-18-29(32(40)38-23-9-11-24(41-2)12-10-23)30(20-6-5-7-22(14-20)33(34,35)36)31-25(37-18)15-21(16-26(31)39)19-8-13-27(42-3)28(17-19)43-4/h5-14,17,21,30,37H,15-16H2,1-4H3,(H,38,40)/t21-,30+/m1/s1. The quantitative estimate of drug-likeness (QED) is 0.317. The topological polar surface area (TPSA) is 85.9 Å². The molecule has 0 unspecified atom stereocenters. The number of allylic oxidation sites excluding steroid dienone is 3. The molecule has 224 valence electrons. The molecule has 0 saturated heterocycles. The van der Waals surface area contributed by atoms with Gasteiger partial charge in [-0.25, -0.2) is 0 Å². The SMILES string of the molecule is COc1ccc(NC(=O)C2=C(C)NC3=C(C(=O)C[C@H](c4ccc(OC)c(OC)c4)C3)[C@H]2c2cccc(C(F)(F)F)c2)cc1. The van der Waals surface area contributed by atoms with Gasteiger partial charge in [0.05, 0.1) is 26.9 Å². The van der Waals surface area contributed by atoms with Crippen LogP contribution in [0.15, 0.2) is 89.3 Å². The van der Waals surface area contributed by atoms with Gasteiger partial charge in [0.25, 0.3) is 5.91 Å². The Hall–Kier alpha value is -4.73. The van der Waals surface area contributed by atoms with Gasteiger partial charge in [0.1, 0.15) is 5.75 Å². The van der Waals surface area contributed by atoms with E-state index in [0.29, 0.717) is 46.3 Å². The molecule has 10 heteroatoms. The molecule has 0 bridgehead atoms. The molecule has 0 aromatic heterocycles. The van der Waals surface area contributed by atoms with Crippen LogP contribution in [-0.4, -0.2) is 33.0 Å². The van der Waals surface area contributed by atoms with Crippen molar-refractivity contribution in [3.05, 3.63) is 106 Å². The summed E-state index contributed by atoms with van der Waals surface area (Å²) in [6.45, 7) is 1.69. The number of methoxy groups -OCH3 is 3. The molecular weight excluding hydrogens is 561 g/mol. The summed E-state index contributed by atoms with van der Waals surface area (Å²) in [4.78, 5) is 27.7. The Morgan fingerprint density at radius 3 is 2.26 bits per heavy atom. The molecule has 3 aromatic rings. The predicted octanol–water partition coefficient (Wildman–Crippen LogP) is 6.73. The van der Waals surface area contributed by atoms with Gasteiger partial charge in [0, 0.05) is 40.6 Å². The Kier molecular flexibility index (Phi) is 8.21. The van der Waals surface area contributed by atoms with Gasteiger partial charge in [-0.05, 0) is 72.9 Å². The summed E-state index contributed by atoms with van der Waals surface area (Å²) in [6.07, 6.45) is -4.08. The zero-order valence-corrected chi connectivity index (χ0v) is 24.1. The Bertz CT molecular complexity index is 1630. The number of hydrogen-bond acceptors (Lipinski definition) is 6. The third kappa shape index (κ3) is 5.95. The van der Waals surface area contributed by atoms with E-state index in [1.54, 1.807) is 37.3 Å². The van der Waals surface area contributed by atoms with Crippen molar-refractivity contribution in [1.82, 2.24) is 5.32 Å². The monoisotopic (exact) mass is 592 g/mol. The highest BCUT2D eigenvalue weighted by molar-refractivity contribution is 6.10. The van der Waals surface area contributed by atoms with Crippen LogP contribution in [0.4, 0.5) is 18.9 Å². The van der Waals surface area contributed by atoms with Crippen LogP contribution in [0.3, 0.4) is 0 Å². The fraction of sp³-hybridized carbons (Fsp3) is 0.273. The molecule has 0 fully saturated rings. The minimum Gasteiger partial charge on any atom is -0.497 e. The van der Waals surface area contributed by atoms with Crippen LogP contribution in [-0.2, 0) is 15.8 Å². The van der Waals surface area contributed by atoms with Gasteiger partial charge >= 0.3 is 6.18 Å². The van der Waals surface area contributed by atoms with Gasteiger partial charge in [0.2, 0.25) is 0 Å². The summed E-state index contributed by atoms with van der Waals surface area (Å²) in [5.74, 6) is -0.323. The number of halogens is 3. The van der Waals surface area contributed by atoms with E-state index in [1.807, 2.05) is 12.1 Å². The van der Waals surface area contributed by atoms with Crippen molar-refractivity contribution in [1.29, 1.82) is 0 Å². The minimum absolute atomic E-state index is 0.109. The van der Waals surface area contributed by atoms with Crippen LogP contribution < -0.4 is 24.8 Å². The van der Waals surface area contributed by atoms with Gasteiger partial charge in [-0.1, -0.05) is 24.3 Å². The second-order valence-electron chi connectivity index (χ2n) is 10.4. The minimum atomic E-state index is -4.60. The number of amides is 1. The molecule has 43 heavy (non-hydrogen) atoms. The summed E-state index contributed by atoms with van der Waals surface area (Å²) in [6, 6.07) is 17.0. The van der Waals surface area contributed by atoms with E-state index in [4.69, 9.17) is 14.2 Å². The summed E-state index contributed by atoms with van der Waals surface area (Å²) in [5, 5.41) is 6.09. The smallest absolute Gasteiger partial charge is 0.416 e. The normalized spacial score (nSPS) is 18.5. The molecule has 1 heterocycles. The molecule has 1 aliphatic carbocycles. The number of ether oxygens (including phenoxy) is 3. The molecule has 1 aliphatic heterocycles. The fourth-order valence-corrected chi connectivity index (χ4v) is 5.78. The summed E-state index contributed by atoms with van der Waals surface area (Å²) >= 11 is 0. The average Bonchev–Trinajstić information content (AvgIpc) is 2.99. The number of carbonyl (C=O) groups is 2. The van der Waals surface area contributed by atoms with Gasteiger partial charge in [0.15, 0.2) is 17.3 Å². The Labute approximate surface area is 247 Å². The first-order valence-corrected chi connectivity index (χ1v) is 13.6. The van der Waals surface area contributed by atoms with Crippen LogP contribution in [0.25, 0.3) is 0 Å². The first-order chi connectivity index (χ1) is 20.5. The highest BCUT2D eigenvalue weighted by atomic mass is 19.4. The lowest BCUT2D eigenvalue weighted by atomic mass is 9.71. The van der Waals surface area contributed by atoms with E-state index >= 15 is 0 Å². The average molecular weight is 593 g/mol. The number of dihydropyridines is 1. The second-order valence-corrected chi connectivity index (χ2v) is 10.4. The van der Waals surface area contributed by atoms with Crippen LogP contribution in [0.2, 0.25) is 0 Å². The van der Waals surface area contributed by atoms with Crippen LogP contribution in [0, 0.1) is 0 Å². The van der Waals surface area contributed by atoms with Crippen molar-refractivity contribution >= 4 is 17.4 Å². The Morgan fingerprint density at radius 2 is 1.60 bits per heavy atom. The number of anilines is 1. The summed E-state index contributed by atoms with van der Waals surface area (Å²) in [5.41, 5.74) is 2.18. The predicted molar refractivity (Wildman–Crippen MR) is 155 cm³/mol. The third-order valence-corrected chi connectivity index (χ3v) is 7.85. The molecule has 3 aromatic carbocycles. The molecule has 7 nitrogen and oxygen atoms in total. The zero-order chi connectivity index (χ0) is 30.9. The number of alkyl halides is 3. The number of Topliss-reactive ketones (excluding diaryl/α,β-unsaturated/α-hetero) is 1. The highest BCUT2D eigenvalue weighted by Crippen LogP contribution is 2.47. The van der Waals surface area contributed by atoms with Crippen molar-refractivity contribution < 1.29 is 37.0 Å². The Balaban J connectivity index is 1.57. The molecule has 0 saturated carbocycles. The van der Waals surface area contributed by atoms with E-state index in [0.717, 1.165) is 17.7 Å². The molecule has 0 radical (unpaired) electrons. The lowest BCUT2D eigenvalue weighted by Crippen LogP contribution is -2.37. The third-order valence-electron chi connectivity index (χ3n) is 7.85. The second kappa shape index (κ2) is 11.9. The van der Waals surface area contributed by atoms with Crippen LogP contribution >= 0.6 is 0 Å². The number of nitrogens with one attached hydrogen (secondary N) is 2. The zero-order valence-electron chi connectivity index (χ0n) is 24.1. The van der Waals surface area contributed by atoms with Gasteiger partial charge in [-0.2, -0.15) is 13.2 Å². The van der Waals surface area contributed by atoms with Crippen molar-refractivity contribution in [2.45, 2.75) is 37.8 Å². The van der Waals surface area contributed by atoms with E-state index in [9.17, 15) is 22.8 Å². The van der Waals surface area contributed by atoms with Gasteiger partial charge in [-0.15, -0.1) is 0 Å². The number of benzene rings is 3. The lowest BCUT2D eigenvalue weighted by molar-refractivity contribution is -0.137. The number of ketones is 1. The molecule has 2 atom stereocenters. The lowest BCUT2D eigenvalue weighted by Gasteiger charge is -2.37. The number of hydrogen-bond donors (Lipinski definition) is 2. The van der Waals surface area contributed by atoms with Crippen molar-refractivity contribution in [3.8, 4) is 17.2 Å². The maximum Gasteiger partial charge on any atom is 0.416 e. The van der Waals surface area contributed by atoms with Crippen molar-refractivity contribution in [3.63, 3.8) is 0 Å². The molecule has 0 spiro atoms. The molecule has 1 amide bonds. The van der Waals surface area contributed by atoms with Crippen molar-refractivity contribution in [2.75, 3.05) is 26.6 Å². The maximum atomic E-state index is 13.9. The van der Waals surface area contributed by atoms with E-state index in [-0.39, 0.29) is 29.3 Å². The first kappa shape index (κ1) is 29.8. The number of carbonyl (C=O) groups excluding carboxylic acids is 2. The fourth-order valence-electron chi connectivity index (χ4n) is 5.78. The molecular formula is C33H31F3N2O5. The van der Waals surface area contributed by atoms with E-state index < -0.39 is 23.6 Å². The summed E-state index contributed by atoms with van der Waals surface area (Å²) in [7, 11) is 4.59. The van der Waals surface area contributed by atoms with Gasteiger partial charge in [-0.3, -0.25) is 9.59 Å². The maximum absolute atomic E-state index is 13.9. The highest BCUT2D eigenvalue weighted by Gasteiger charge is 2.42. The molecule has 2 N–H and O–H groups in total. The molecule has 5 rings (SSSR count). The van der Waals surface area contributed by atoms with Crippen molar-refractivity contribution in [2.24, 2.45) is 0 Å². The summed E-state index contributed by atoms with van der Waals surface area (Å²) < 4.78 is 57.3. The first-order valence-electron chi connectivity index (χ1n) is 13.6. The Morgan fingerprint density at radius 1 is 0.884 bits per heavy atom. The van der Waals surface area contributed by atoms with Crippen LogP contribution in [0.1, 0.15) is 48.3 Å². The van der Waals surface area contributed by atoms with E-state index in [1.165, 1.54) is 33.5 Å². The van der Waals surface area contributed by atoms with Crippen LogP contribution in [0.5, 0.6) is 17.2 Å². The number of rotatable bonds is 7. The van der Waals surface area contributed by atoms with Gasteiger partial charge < -0.3 is 24.8 Å². The largest absolute Gasteiger partial charge is 0.497 e. The van der Waals surface area contributed by atoms with E-state index in [2.05, 4.69) is 10.6 Å².